The Morgan fingerprint density at radius 3 is 0.967 bits per heavy atom. The van der Waals surface area contributed by atoms with Crippen LogP contribution in [0.1, 0.15) is 94.9 Å². The molecule has 316 valence electrons. The Morgan fingerprint density at radius 2 is 0.672 bits per heavy atom. The fraction of sp³-hybridized carbons (Fsp3) is 0.345. The number of phenols is 2. The number of phenolic OH excluding ortho intramolecular Hbond substituents is 2. The predicted molar refractivity (Wildman–Crippen MR) is 250 cm³/mol. The van der Waals surface area contributed by atoms with E-state index in [1.165, 1.54) is 67.4 Å². The van der Waals surface area contributed by atoms with Gasteiger partial charge in [-0.3, -0.25) is 0 Å². The molecule has 0 aliphatic carbocycles. The summed E-state index contributed by atoms with van der Waals surface area (Å²) in [6.45, 7) is 13.3. The van der Waals surface area contributed by atoms with Crippen LogP contribution in [-0.4, -0.2) is 36.4 Å². The largest absolute Gasteiger partial charge is 0.508 e. The highest BCUT2D eigenvalue weighted by Crippen LogP contribution is 2.37. The number of anilines is 2. The van der Waals surface area contributed by atoms with E-state index in [9.17, 15) is 10.2 Å². The van der Waals surface area contributed by atoms with Crippen LogP contribution in [0.4, 0.5) is 11.4 Å². The van der Waals surface area contributed by atoms with Gasteiger partial charge in [0, 0.05) is 48.4 Å². The number of ether oxygens (including phenoxy) is 2. The molecule has 6 nitrogen and oxygen atoms in total. The smallest absolute Gasteiger partial charge is 0.127 e. The normalized spacial score (nSPS) is 15.5. The van der Waals surface area contributed by atoms with Gasteiger partial charge in [0.15, 0.2) is 0 Å². The molecular weight excluding hydrogens is 753 g/mol. The minimum atomic E-state index is -0.181. The summed E-state index contributed by atoms with van der Waals surface area (Å²) in [5.74, 6) is 5.59. The Morgan fingerprint density at radius 1 is 0.410 bits per heavy atom. The Balaban J connectivity index is 0.721. The zero-order valence-electron chi connectivity index (χ0n) is 36.4. The minimum absolute atomic E-state index is 0.181. The molecule has 61 heavy (non-hydrogen) atoms. The summed E-state index contributed by atoms with van der Waals surface area (Å²) in [5.41, 5.74) is 6.91. The number of hydrogen-bond donors (Lipinski definition) is 2. The molecule has 6 aromatic carbocycles. The molecule has 0 saturated carbocycles. The lowest BCUT2D eigenvalue weighted by Crippen LogP contribution is -2.34. The van der Waals surface area contributed by atoms with Crippen molar-refractivity contribution in [2.24, 2.45) is 11.8 Å². The van der Waals surface area contributed by atoms with Crippen LogP contribution in [0.15, 0.2) is 146 Å². The Kier molecular flexibility index (Phi) is 12.6. The SMILES string of the molecule is CC(C)(c1ccc(O)cc1)c1ccc(Oc2ccc(N3CCC(CCCC4CCN(c5ccc(Oc6ccc(C(C)(C)c7ccc(O)cc7)cc6)cc5)CC4)CC3)cc2)cc1. The number of benzene rings is 6. The maximum absolute atomic E-state index is 9.70. The molecule has 6 aromatic rings. The van der Waals surface area contributed by atoms with Crippen LogP contribution in [0.5, 0.6) is 34.5 Å². The number of hydrogen-bond acceptors (Lipinski definition) is 6. The standard InChI is InChI=1S/C55H62N2O4/c1-54(2,42-8-20-48(58)21-9-42)44-12-24-50(25-13-44)60-52-28-16-46(17-29-52)56-36-32-40(33-37-56)6-5-7-41-34-38-57(39-35-41)47-18-30-53(31-19-47)61-51-26-14-45(15-27-51)55(3,4)43-10-22-49(59)23-11-43/h8-31,40-41,58-59H,5-7,32-39H2,1-4H3. The minimum Gasteiger partial charge on any atom is -0.508 e. The van der Waals surface area contributed by atoms with Gasteiger partial charge in [0.2, 0.25) is 0 Å². The molecular formula is C55H62N2O4. The Bertz CT molecular complexity index is 2120. The van der Waals surface area contributed by atoms with Crippen LogP contribution >= 0.6 is 0 Å². The average Bonchev–Trinajstić information content (AvgIpc) is 3.28. The second-order valence-electron chi connectivity index (χ2n) is 18.4. The molecule has 8 rings (SSSR count). The van der Waals surface area contributed by atoms with Crippen molar-refractivity contribution in [1.82, 2.24) is 0 Å². The van der Waals surface area contributed by atoms with E-state index in [-0.39, 0.29) is 22.3 Å². The molecule has 2 fully saturated rings. The highest BCUT2D eigenvalue weighted by Gasteiger charge is 2.26. The van der Waals surface area contributed by atoms with Crippen LogP contribution in [-0.2, 0) is 10.8 Å². The number of piperidine rings is 2. The van der Waals surface area contributed by atoms with Gasteiger partial charge in [-0.1, -0.05) is 95.5 Å². The lowest BCUT2D eigenvalue weighted by molar-refractivity contribution is 0.325. The molecule has 6 heteroatoms. The number of rotatable bonds is 14. The molecule has 0 amide bonds. The highest BCUT2D eigenvalue weighted by molar-refractivity contribution is 5.52. The fourth-order valence-corrected chi connectivity index (χ4v) is 9.35. The maximum Gasteiger partial charge on any atom is 0.127 e. The molecule has 2 aliphatic rings. The third-order valence-electron chi connectivity index (χ3n) is 13.7. The zero-order valence-corrected chi connectivity index (χ0v) is 36.4. The van der Waals surface area contributed by atoms with E-state index < -0.39 is 0 Å². The Labute approximate surface area is 363 Å². The highest BCUT2D eigenvalue weighted by atomic mass is 16.5. The molecule has 0 aromatic heterocycles. The third kappa shape index (κ3) is 10.2. The maximum atomic E-state index is 9.70. The lowest BCUT2D eigenvalue weighted by Gasteiger charge is -2.35. The zero-order chi connectivity index (χ0) is 42.4. The molecule has 0 radical (unpaired) electrons. The second-order valence-corrected chi connectivity index (χ2v) is 18.4. The second kappa shape index (κ2) is 18.4. The molecule has 0 spiro atoms. The van der Waals surface area contributed by atoms with Gasteiger partial charge in [-0.2, -0.15) is 0 Å². The van der Waals surface area contributed by atoms with E-state index >= 15 is 0 Å². The van der Waals surface area contributed by atoms with Gasteiger partial charge in [-0.25, -0.2) is 0 Å². The number of aromatic hydroxyl groups is 2. The van der Waals surface area contributed by atoms with Crippen molar-refractivity contribution in [2.75, 3.05) is 36.0 Å². The van der Waals surface area contributed by atoms with Gasteiger partial charge in [0.25, 0.3) is 0 Å². The van der Waals surface area contributed by atoms with Gasteiger partial charge in [0.05, 0.1) is 0 Å². The first-order valence-corrected chi connectivity index (χ1v) is 22.4. The van der Waals surface area contributed by atoms with Crippen molar-refractivity contribution in [3.05, 3.63) is 168 Å². The summed E-state index contributed by atoms with van der Waals surface area (Å²) < 4.78 is 12.5. The third-order valence-corrected chi connectivity index (χ3v) is 13.7. The molecule has 2 aliphatic heterocycles. The van der Waals surface area contributed by atoms with Crippen molar-refractivity contribution < 1.29 is 19.7 Å². The summed E-state index contributed by atoms with van der Waals surface area (Å²) in [6.07, 6.45) is 9.14. The van der Waals surface area contributed by atoms with Gasteiger partial charge in [0.1, 0.15) is 34.5 Å². The van der Waals surface area contributed by atoms with E-state index in [4.69, 9.17) is 9.47 Å². The van der Waals surface area contributed by atoms with Gasteiger partial charge >= 0.3 is 0 Å². The first-order valence-electron chi connectivity index (χ1n) is 22.4. The van der Waals surface area contributed by atoms with Crippen molar-refractivity contribution in [3.63, 3.8) is 0 Å². The first kappa shape index (κ1) is 41.8. The van der Waals surface area contributed by atoms with Gasteiger partial charge < -0.3 is 29.5 Å². The first-order chi connectivity index (χ1) is 29.5. The van der Waals surface area contributed by atoms with Gasteiger partial charge in [-0.15, -0.1) is 0 Å². The van der Waals surface area contributed by atoms with Crippen molar-refractivity contribution >= 4 is 11.4 Å². The molecule has 2 saturated heterocycles. The lowest BCUT2D eigenvalue weighted by atomic mass is 9.78. The number of nitrogens with zero attached hydrogens (tertiary/aromatic N) is 2. The summed E-state index contributed by atoms with van der Waals surface area (Å²) in [7, 11) is 0. The van der Waals surface area contributed by atoms with E-state index in [0.717, 1.165) is 72.1 Å². The van der Waals surface area contributed by atoms with Crippen LogP contribution < -0.4 is 19.3 Å². The fourth-order valence-electron chi connectivity index (χ4n) is 9.35. The summed E-state index contributed by atoms with van der Waals surface area (Å²) in [5, 5.41) is 19.4. The van der Waals surface area contributed by atoms with Gasteiger partial charge in [-0.05, 0) is 157 Å². The van der Waals surface area contributed by atoms with Crippen LogP contribution in [0.3, 0.4) is 0 Å². The monoisotopic (exact) mass is 814 g/mol. The quantitative estimate of drug-likeness (QED) is 0.114. The van der Waals surface area contributed by atoms with Crippen molar-refractivity contribution in [3.8, 4) is 34.5 Å². The average molecular weight is 815 g/mol. The van der Waals surface area contributed by atoms with E-state index in [0.29, 0.717) is 0 Å². The van der Waals surface area contributed by atoms with E-state index in [1.54, 1.807) is 24.3 Å². The summed E-state index contributed by atoms with van der Waals surface area (Å²) in [4.78, 5) is 5.07. The molecule has 2 heterocycles. The molecule has 0 unspecified atom stereocenters. The predicted octanol–water partition coefficient (Wildman–Crippen LogP) is 13.6. The Hall–Kier alpha value is -5.88. The molecule has 0 bridgehead atoms. The van der Waals surface area contributed by atoms with E-state index in [2.05, 4.69) is 110 Å². The molecule has 2 N–H and O–H groups in total. The van der Waals surface area contributed by atoms with Crippen molar-refractivity contribution in [1.29, 1.82) is 0 Å². The van der Waals surface area contributed by atoms with Crippen LogP contribution in [0, 0.1) is 11.8 Å². The summed E-state index contributed by atoms with van der Waals surface area (Å²) >= 11 is 0. The van der Waals surface area contributed by atoms with Crippen LogP contribution in [0.25, 0.3) is 0 Å². The van der Waals surface area contributed by atoms with Crippen LogP contribution in [0.2, 0.25) is 0 Å². The summed E-state index contributed by atoms with van der Waals surface area (Å²) in [6, 6.07) is 48.8. The van der Waals surface area contributed by atoms with E-state index in [1.807, 2.05) is 48.5 Å². The van der Waals surface area contributed by atoms with Crippen molar-refractivity contribution in [2.45, 2.75) is 83.5 Å². The topological polar surface area (TPSA) is 65.4 Å². The molecule has 0 atom stereocenters.